The molecule has 132 valence electrons. The number of benzene rings is 2. The topological polar surface area (TPSA) is 62.4 Å². The fraction of sp³-hybridized carbons (Fsp3) is 0.278. The van der Waals surface area contributed by atoms with Crippen molar-refractivity contribution in [3.8, 4) is 5.75 Å². The summed E-state index contributed by atoms with van der Waals surface area (Å²) >= 11 is 5.97. The fourth-order valence-electron chi connectivity index (χ4n) is 2.80. The van der Waals surface area contributed by atoms with Gasteiger partial charge in [0, 0.05) is 23.2 Å². The molecule has 3 rings (SSSR count). The summed E-state index contributed by atoms with van der Waals surface area (Å²) in [6, 6.07) is 11.7. The number of amides is 1. The lowest BCUT2D eigenvalue weighted by Gasteiger charge is -2.12. The maximum Gasteiger partial charge on any atom is 0.238 e. The number of ether oxygens (including phenoxy) is 1. The van der Waals surface area contributed by atoms with E-state index in [0.717, 1.165) is 11.3 Å². The molecule has 3 N–H and O–H groups in total. The van der Waals surface area contributed by atoms with Gasteiger partial charge in [0.2, 0.25) is 5.91 Å². The molecule has 5 nitrogen and oxygen atoms in total. The maximum atomic E-state index is 13.8. The van der Waals surface area contributed by atoms with Gasteiger partial charge < -0.3 is 10.1 Å². The Morgan fingerprint density at radius 1 is 1.32 bits per heavy atom. The quantitative estimate of drug-likeness (QED) is 0.764. The van der Waals surface area contributed by atoms with Crippen molar-refractivity contribution in [3.63, 3.8) is 0 Å². The van der Waals surface area contributed by atoms with Crippen LogP contribution >= 0.6 is 11.6 Å². The minimum absolute atomic E-state index is 0.0112. The molecule has 2 aromatic carbocycles. The summed E-state index contributed by atoms with van der Waals surface area (Å²) in [4.78, 5) is 12.3. The van der Waals surface area contributed by atoms with Gasteiger partial charge >= 0.3 is 0 Å². The third-order valence-corrected chi connectivity index (χ3v) is 4.57. The second kappa shape index (κ2) is 7.82. The highest BCUT2D eigenvalue weighted by atomic mass is 35.5. The van der Waals surface area contributed by atoms with E-state index in [-0.39, 0.29) is 24.1 Å². The van der Waals surface area contributed by atoms with Gasteiger partial charge in [-0.3, -0.25) is 4.79 Å². The highest BCUT2D eigenvalue weighted by Gasteiger charge is 2.30. The molecule has 7 heteroatoms. The molecule has 1 aliphatic rings. The molecule has 1 saturated heterocycles. The molecule has 2 aromatic rings. The Morgan fingerprint density at radius 2 is 2.12 bits per heavy atom. The number of carbonyl (C=O) groups is 1. The summed E-state index contributed by atoms with van der Waals surface area (Å²) in [5.41, 5.74) is 7.40. The van der Waals surface area contributed by atoms with E-state index in [2.05, 4.69) is 16.2 Å². The van der Waals surface area contributed by atoms with E-state index in [9.17, 15) is 9.18 Å². The van der Waals surface area contributed by atoms with Crippen LogP contribution < -0.4 is 20.9 Å². The molecule has 0 aromatic heterocycles. The van der Waals surface area contributed by atoms with E-state index in [0.29, 0.717) is 11.4 Å². The van der Waals surface area contributed by atoms with Crippen LogP contribution in [0.4, 0.5) is 4.39 Å². The Hall–Kier alpha value is -2.15. The van der Waals surface area contributed by atoms with Gasteiger partial charge in [0.1, 0.15) is 17.6 Å². The third-order valence-electron chi connectivity index (χ3n) is 4.22. The van der Waals surface area contributed by atoms with Crippen molar-refractivity contribution in [1.82, 2.24) is 16.2 Å². The molecule has 0 spiro atoms. The van der Waals surface area contributed by atoms with E-state index in [1.165, 1.54) is 12.1 Å². The van der Waals surface area contributed by atoms with E-state index in [1.54, 1.807) is 13.2 Å². The van der Waals surface area contributed by atoms with E-state index in [1.807, 2.05) is 24.3 Å². The molecule has 0 aliphatic carbocycles. The highest BCUT2D eigenvalue weighted by Crippen LogP contribution is 2.25. The first-order valence-corrected chi connectivity index (χ1v) is 8.32. The number of hydrazine groups is 1. The van der Waals surface area contributed by atoms with Crippen molar-refractivity contribution in [3.05, 3.63) is 64.4 Å². The third kappa shape index (κ3) is 4.10. The molecular weight excluding hydrogens is 345 g/mol. The zero-order valence-electron chi connectivity index (χ0n) is 13.7. The van der Waals surface area contributed by atoms with E-state index >= 15 is 0 Å². The first-order chi connectivity index (χ1) is 12.1. The van der Waals surface area contributed by atoms with Gasteiger partial charge in [-0.25, -0.2) is 15.2 Å². The average molecular weight is 364 g/mol. The van der Waals surface area contributed by atoms with Crippen molar-refractivity contribution in [2.45, 2.75) is 25.0 Å². The molecule has 1 fully saturated rings. The van der Waals surface area contributed by atoms with E-state index < -0.39 is 11.9 Å². The van der Waals surface area contributed by atoms with Gasteiger partial charge in [0.05, 0.1) is 7.11 Å². The molecule has 0 bridgehead atoms. The summed E-state index contributed by atoms with van der Waals surface area (Å²) in [5.74, 6) is 0.123. The second-order valence-corrected chi connectivity index (χ2v) is 6.23. The smallest absolute Gasteiger partial charge is 0.238 e. The number of methoxy groups -OCH3 is 1. The molecular formula is C18H19ClFN3O2. The zero-order valence-corrected chi connectivity index (χ0v) is 14.4. The summed E-state index contributed by atoms with van der Waals surface area (Å²) in [6.45, 7) is 0.0480. The maximum absolute atomic E-state index is 13.8. The summed E-state index contributed by atoms with van der Waals surface area (Å²) in [5, 5.41) is 3.02. The molecule has 2 atom stereocenters. The van der Waals surface area contributed by atoms with Crippen molar-refractivity contribution < 1.29 is 13.9 Å². The van der Waals surface area contributed by atoms with Crippen molar-refractivity contribution in [2.75, 3.05) is 7.11 Å². The van der Waals surface area contributed by atoms with Crippen LogP contribution in [0.25, 0.3) is 0 Å². The van der Waals surface area contributed by atoms with Gasteiger partial charge in [-0.15, -0.1) is 0 Å². The number of carbonyl (C=O) groups excluding carboxylic acids is 1. The number of rotatable bonds is 5. The number of hydrogen-bond acceptors (Lipinski definition) is 4. The minimum atomic E-state index is -0.431. The summed E-state index contributed by atoms with van der Waals surface area (Å²) < 4.78 is 19.0. The van der Waals surface area contributed by atoms with Crippen LogP contribution in [0.3, 0.4) is 0 Å². The number of halogens is 2. The van der Waals surface area contributed by atoms with Gasteiger partial charge in [0.15, 0.2) is 0 Å². The molecule has 0 saturated carbocycles. The van der Waals surface area contributed by atoms with Crippen LogP contribution in [-0.2, 0) is 11.3 Å². The lowest BCUT2D eigenvalue weighted by Crippen LogP contribution is -2.43. The standard InChI is InChI=1S/C18H19ClFN3O2/c1-25-12-5-2-4-11(8-12)16-9-17(23-22-16)18(24)21-10-13-14(19)6-3-7-15(13)20/h2-8,16-17,22-23H,9-10H2,1H3,(H,21,24). The Kier molecular flexibility index (Phi) is 5.53. The largest absolute Gasteiger partial charge is 0.497 e. The lowest BCUT2D eigenvalue weighted by molar-refractivity contribution is -0.123. The predicted molar refractivity (Wildman–Crippen MR) is 93.7 cm³/mol. The number of nitrogens with one attached hydrogen (secondary N) is 3. The summed E-state index contributed by atoms with van der Waals surface area (Å²) in [7, 11) is 1.61. The summed E-state index contributed by atoms with van der Waals surface area (Å²) in [6.07, 6.45) is 0.573. The van der Waals surface area contributed by atoms with Crippen LogP contribution in [0.5, 0.6) is 5.75 Å². The first-order valence-electron chi connectivity index (χ1n) is 7.94. The van der Waals surface area contributed by atoms with Gasteiger partial charge in [-0.05, 0) is 36.2 Å². The first kappa shape index (κ1) is 17.7. The van der Waals surface area contributed by atoms with Crippen LogP contribution in [0.15, 0.2) is 42.5 Å². The van der Waals surface area contributed by atoms with Crippen LogP contribution in [-0.4, -0.2) is 19.1 Å². The van der Waals surface area contributed by atoms with Gasteiger partial charge in [0.25, 0.3) is 0 Å². The monoisotopic (exact) mass is 363 g/mol. The fourth-order valence-corrected chi connectivity index (χ4v) is 3.03. The van der Waals surface area contributed by atoms with Gasteiger partial charge in [-0.1, -0.05) is 29.8 Å². The van der Waals surface area contributed by atoms with Gasteiger partial charge in [-0.2, -0.15) is 0 Å². The van der Waals surface area contributed by atoms with E-state index in [4.69, 9.17) is 16.3 Å². The molecule has 1 aliphatic heterocycles. The predicted octanol–water partition coefficient (Wildman–Crippen LogP) is 2.71. The molecule has 2 unspecified atom stereocenters. The average Bonchev–Trinajstić information content (AvgIpc) is 3.11. The SMILES string of the molecule is COc1cccc(C2CC(C(=O)NCc3c(F)cccc3Cl)NN2)c1. The molecule has 0 radical (unpaired) electrons. The lowest BCUT2D eigenvalue weighted by atomic mass is 10.0. The Bertz CT molecular complexity index is 751. The van der Waals surface area contributed by atoms with Crippen molar-refractivity contribution >= 4 is 17.5 Å². The highest BCUT2D eigenvalue weighted by molar-refractivity contribution is 6.31. The zero-order chi connectivity index (χ0) is 17.8. The second-order valence-electron chi connectivity index (χ2n) is 5.82. The van der Waals surface area contributed by atoms with Crippen LogP contribution in [0.2, 0.25) is 5.02 Å². The number of hydrogen-bond donors (Lipinski definition) is 3. The Labute approximate surface area is 150 Å². The molecule has 1 amide bonds. The Balaban J connectivity index is 1.59. The normalized spacial score (nSPS) is 19.6. The van der Waals surface area contributed by atoms with Crippen LogP contribution in [0, 0.1) is 5.82 Å². The van der Waals surface area contributed by atoms with Crippen LogP contribution in [0.1, 0.15) is 23.6 Å². The Morgan fingerprint density at radius 3 is 2.88 bits per heavy atom. The molecule has 25 heavy (non-hydrogen) atoms. The van der Waals surface area contributed by atoms with Crippen molar-refractivity contribution in [1.29, 1.82) is 0 Å². The minimum Gasteiger partial charge on any atom is -0.497 e. The van der Waals surface area contributed by atoms with Crippen molar-refractivity contribution in [2.24, 2.45) is 0 Å². The molecule has 1 heterocycles.